The molecule has 29 heavy (non-hydrogen) atoms. The normalized spacial score (nSPS) is 11.4. The minimum absolute atomic E-state index is 0.217. The summed E-state index contributed by atoms with van der Waals surface area (Å²) in [6, 6.07) is 13.1. The monoisotopic (exact) mass is 424 g/mol. The van der Waals surface area contributed by atoms with Gasteiger partial charge in [0.1, 0.15) is 0 Å². The summed E-state index contributed by atoms with van der Waals surface area (Å²) in [6.45, 7) is 2.39. The number of carbonyl (C=O) groups excluding carboxylic acids is 2. The van der Waals surface area contributed by atoms with Crippen molar-refractivity contribution in [3.05, 3.63) is 58.4 Å². The minimum Gasteiger partial charge on any atom is -0.465 e. The van der Waals surface area contributed by atoms with Gasteiger partial charge in [-0.25, -0.2) is 4.79 Å². The zero-order valence-corrected chi connectivity index (χ0v) is 17.8. The number of hydrogen-bond donors (Lipinski definition) is 0. The Morgan fingerprint density at radius 2 is 2.00 bits per heavy atom. The highest BCUT2D eigenvalue weighted by Gasteiger charge is 2.12. The van der Waals surface area contributed by atoms with E-state index in [0.717, 1.165) is 21.5 Å². The van der Waals surface area contributed by atoms with E-state index in [2.05, 4.69) is 17.8 Å². The number of rotatable bonds is 6. The van der Waals surface area contributed by atoms with Crippen molar-refractivity contribution in [1.82, 2.24) is 4.57 Å². The van der Waals surface area contributed by atoms with Gasteiger partial charge in [0, 0.05) is 4.90 Å². The minimum atomic E-state index is -0.414. The number of thioether (sulfide) groups is 1. The second-order valence-electron chi connectivity index (χ2n) is 6.11. The van der Waals surface area contributed by atoms with Gasteiger partial charge in [-0.3, -0.25) is 4.79 Å². The molecule has 0 radical (unpaired) electrons. The van der Waals surface area contributed by atoms with Crippen molar-refractivity contribution in [3.63, 3.8) is 0 Å². The average molecular weight is 425 g/mol. The SMILES string of the molecule is C#CCn1c(=NC(=O)Cc2ccc(SCC)cc2)sc2cc(C(=O)OC)ccc21. The number of aromatic nitrogens is 1. The number of fused-ring (bicyclic) bond motifs is 1. The van der Waals surface area contributed by atoms with Crippen molar-refractivity contribution < 1.29 is 14.3 Å². The third-order valence-electron chi connectivity index (χ3n) is 4.16. The summed E-state index contributed by atoms with van der Waals surface area (Å²) in [5.41, 5.74) is 2.18. The fraction of sp³-hybridized carbons (Fsp3) is 0.227. The van der Waals surface area contributed by atoms with E-state index < -0.39 is 5.97 Å². The number of nitrogens with zero attached hydrogens (tertiary/aromatic N) is 2. The Labute approximate surface area is 177 Å². The molecule has 3 aromatic rings. The Balaban J connectivity index is 1.92. The molecule has 0 aliphatic carbocycles. The lowest BCUT2D eigenvalue weighted by Gasteiger charge is -2.02. The van der Waals surface area contributed by atoms with Gasteiger partial charge < -0.3 is 9.30 Å². The first-order chi connectivity index (χ1) is 14.0. The topological polar surface area (TPSA) is 60.7 Å². The fourth-order valence-corrected chi connectivity index (χ4v) is 4.59. The number of amides is 1. The highest BCUT2D eigenvalue weighted by Crippen LogP contribution is 2.20. The first kappa shape index (κ1) is 20.9. The quantitative estimate of drug-likeness (QED) is 0.342. The molecule has 3 rings (SSSR count). The largest absolute Gasteiger partial charge is 0.465 e. The third-order valence-corrected chi connectivity index (χ3v) is 6.10. The third kappa shape index (κ3) is 4.97. The maximum Gasteiger partial charge on any atom is 0.337 e. The molecule has 148 valence electrons. The smallest absolute Gasteiger partial charge is 0.337 e. The number of hydrogen-bond acceptors (Lipinski definition) is 5. The number of carbonyl (C=O) groups is 2. The summed E-state index contributed by atoms with van der Waals surface area (Å²) in [7, 11) is 1.34. The summed E-state index contributed by atoms with van der Waals surface area (Å²) in [6.07, 6.45) is 5.72. The Bertz CT molecular complexity index is 1150. The summed E-state index contributed by atoms with van der Waals surface area (Å²) < 4.78 is 7.39. The van der Waals surface area contributed by atoms with Crippen LogP contribution in [0.1, 0.15) is 22.8 Å². The Hall–Kier alpha value is -2.82. The molecule has 7 heteroatoms. The molecule has 0 saturated carbocycles. The van der Waals surface area contributed by atoms with Gasteiger partial charge in [-0.2, -0.15) is 4.99 Å². The fourth-order valence-electron chi connectivity index (χ4n) is 2.84. The van der Waals surface area contributed by atoms with E-state index in [1.165, 1.54) is 23.3 Å². The highest BCUT2D eigenvalue weighted by molar-refractivity contribution is 7.99. The molecule has 0 N–H and O–H groups in total. The highest BCUT2D eigenvalue weighted by atomic mass is 32.2. The zero-order valence-electron chi connectivity index (χ0n) is 16.2. The van der Waals surface area contributed by atoms with Gasteiger partial charge in [0.05, 0.1) is 35.9 Å². The van der Waals surface area contributed by atoms with E-state index >= 15 is 0 Å². The van der Waals surface area contributed by atoms with E-state index in [-0.39, 0.29) is 18.9 Å². The lowest BCUT2D eigenvalue weighted by Crippen LogP contribution is -2.17. The number of ether oxygens (including phenoxy) is 1. The van der Waals surface area contributed by atoms with Gasteiger partial charge in [0.15, 0.2) is 4.80 Å². The maximum absolute atomic E-state index is 12.5. The molecular weight excluding hydrogens is 404 g/mol. The molecule has 1 amide bonds. The van der Waals surface area contributed by atoms with Gasteiger partial charge >= 0.3 is 5.97 Å². The lowest BCUT2D eigenvalue weighted by molar-refractivity contribution is -0.117. The molecule has 0 aliphatic heterocycles. The predicted molar refractivity (Wildman–Crippen MR) is 117 cm³/mol. The molecule has 1 aromatic heterocycles. The molecule has 0 saturated heterocycles. The Morgan fingerprint density at radius 1 is 1.24 bits per heavy atom. The number of thiazole rings is 1. The standard InChI is InChI=1S/C22H20N2O3S2/c1-4-12-24-18-11-8-16(21(26)27-3)14-19(18)29-22(24)23-20(25)13-15-6-9-17(10-7-15)28-5-2/h1,6-11,14H,5,12-13H2,2-3H3. The molecule has 0 aliphatic rings. The summed E-state index contributed by atoms with van der Waals surface area (Å²) in [5.74, 6) is 2.95. The van der Waals surface area contributed by atoms with Crippen molar-refractivity contribution in [3.8, 4) is 12.3 Å². The second kappa shape index (κ2) is 9.59. The molecule has 0 bridgehead atoms. The Kier molecular flexibility index (Phi) is 6.91. The average Bonchev–Trinajstić information content (AvgIpc) is 3.05. The summed E-state index contributed by atoms with van der Waals surface area (Å²) in [5, 5.41) is 0. The first-order valence-corrected chi connectivity index (χ1v) is 10.8. The van der Waals surface area contributed by atoms with E-state index in [4.69, 9.17) is 11.2 Å². The molecule has 1 heterocycles. The van der Waals surface area contributed by atoms with Crippen molar-refractivity contribution in [1.29, 1.82) is 0 Å². The van der Waals surface area contributed by atoms with Gasteiger partial charge in [-0.05, 0) is 41.6 Å². The number of terminal acetylenes is 1. The molecule has 0 spiro atoms. The van der Waals surface area contributed by atoms with Crippen LogP contribution in [0.15, 0.2) is 52.4 Å². The van der Waals surface area contributed by atoms with E-state index in [9.17, 15) is 9.59 Å². The van der Waals surface area contributed by atoms with Crippen molar-refractivity contribution in [2.75, 3.05) is 12.9 Å². The van der Waals surface area contributed by atoms with Crippen LogP contribution in [0, 0.1) is 12.3 Å². The molecule has 0 unspecified atom stereocenters. The van der Waals surface area contributed by atoms with Crippen LogP contribution in [0.2, 0.25) is 0 Å². The van der Waals surface area contributed by atoms with Crippen LogP contribution in [-0.4, -0.2) is 29.3 Å². The Morgan fingerprint density at radius 3 is 2.66 bits per heavy atom. The van der Waals surface area contributed by atoms with Crippen molar-refractivity contribution >= 4 is 45.2 Å². The van der Waals surface area contributed by atoms with Crippen LogP contribution >= 0.6 is 23.1 Å². The molecule has 0 atom stereocenters. The summed E-state index contributed by atoms with van der Waals surface area (Å²) in [4.78, 5) is 30.3. The second-order valence-corrected chi connectivity index (χ2v) is 8.45. The molecule has 5 nitrogen and oxygen atoms in total. The van der Waals surface area contributed by atoms with Gasteiger partial charge in [0.25, 0.3) is 5.91 Å². The van der Waals surface area contributed by atoms with Crippen LogP contribution in [0.3, 0.4) is 0 Å². The zero-order chi connectivity index (χ0) is 20.8. The molecule has 0 fully saturated rings. The van der Waals surface area contributed by atoms with Crippen LogP contribution in [0.4, 0.5) is 0 Å². The van der Waals surface area contributed by atoms with Crippen molar-refractivity contribution in [2.45, 2.75) is 24.8 Å². The number of benzene rings is 2. The van der Waals surface area contributed by atoms with Gasteiger partial charge in [-0.15, -0.1) is 18.2 Å². The lowest BCUT2D eigenvalue weighted by atomic mass is 10.1. The van der Waals surface area contributed by atoms with Gasteiger partial charge in [-0.1, -0.05) is 36.3 Å². The number of methoxy groups -OCH3 is 1. The summed E-state index contributed by atoms with van der Waals surface area (Å²) >= 11 is 3.08. The molecule has 2 aromatic carbocycles. The number of esters is 1. The maximum atomic E-state index is 12.5. The predicted octanol–water partition coefficient (Wildman–Crippen LogP) is 3.90. The van der Waals surface area contributed by atoms with Crippen molar-refractivity contribution in [2.24, 2.45) is 4.99 Å². The first-order valence-electron chi connectivity index (χ1n) is 9.00. The van der Waals surface area contributed by atoms with E-state index in [0.29, 0.717) is 10.4 Å². The van der Waals surface area contributed by atoms with Crippen LogP contribution < -0.4 is 4.80 Å². The van der Waals surface area contributed by atoms with Crippen LogP contribution in [0.5, 0.6) is 0 Å². The van der Waals surface area contributed by atoms with E-state index in [1.54, 1.807) is 34.5 Å². The van der Waals surface area contributed by atoms with E-state index in [1.807, 2.05) is 24.3 Å². The van der Waals surface area contributed by atoms with Crippen LogP contribution in [0.25, 0.3) is 10.2 Å². The molecular formula is C22H20N2O3S2. The van der Waals surface area contributed by atoms with Crippen LogP contribution in [-0.2, 0) is 22.5 Å². The van der Waals surface area contributed by atoms with Gasteiger partial charge in [0.2, 0.25) is 0 Å².